The molecule has 0 atom stereocenters. The van der Waals surface area contributed by atoms with Crippen molar-refractivity contribution < 1.29 is 14.4 Å². The maximum Gasteiger partial charge on any atom is 0.352 e. The van der Waals surface area contributed by atoms with Crippen LogP contribution < -0.4 is 10.6 Å². The number of urea groups is 1. The van der Waals surface area contributed by atoms with E-state index in [1.165, 1.54) is 0 Å². The molecule has 170 valence electrons. The standard InChI is InChI=1S/C25H21N5O3S/c1-29-13-17(15-7-2-4-9-19(15)29)21-22(24(32)27-23(21)31)18-14-30(12-6-11-26-25(33)28-34)20-10-5-3-8-16(18)20/h2-5,7-10,13-14H,6,11-12H2,1H3,(H,26,33)(H,27,31,32). The molecule has 0 fully saturated rings. The summed E-state index contributed by atoms with van der Waals surface area (Å²) in [4.78, 5) is 37.3. The molecule has 0 spiro atoms. The lowest BCUT2D eigenvalue weighted by Crippen LogP contribution is -2.22. The molecule has 1 aliphatic rings. The van der Waals surface area contributed by atoms with Gasteiger partial charge in [0.05, 0.1) is 11.1 Å². The minimum Gasteiger partial charge on any atom is -0.350 e. The highest BCUT2D eigenvalue weighted by Gasteiger charge is 2.35. The van der Waals surface area contributed by atoms with Gasteiger partial charge in [-0.3, -0.25) is 14.9 Å². The smallest absolute Gasteiger partial charge is 0.350 e. The molecule has 0 saturated carbocycles. The minimum absolute atomic E-state index is 0.370. The molecule has 0 bridgehead atoms. The lowest BCUT2D eigenvalue weighted by atomic mass is 9.95. The van der Waals surface area contributed by atoms with Crippen LogP contribution in [0.15, 0.2) is 65.3 Å². The van der Waals surface area contributed by atoms with Gasteiger partial charge < -0.3 is 14.5 Å². The van der Waals surface area contributed by atoms with E-state index < -0.39 is 17.8 Å². The number of para-hydroxylation sites is 2. The van der Waals surface area contributed by atoms with E-state index in [4.69, 9.17) is 0 Å². The van der Waals surface area contributed by atoms with Crippen LogP contribution in [0.1, 0.15) is 17.5 Å². The molecule has 34 heavy (non-hydrogen) atoms. The van der Waals surface area contributed by atoms with E-state index in [9.17, 15) is 14.4 Å². The fourth-order valence-corrected chi connectivity index (χ4v) is 4.68. The van der Waals surface area contributed by atoms with Crippen LogP contribution in [0.4, 0.5) is 4.79 Å². The first-order chi connectivity index (χ1) is 16.5. The summed E-state index contributed by atoms with van der Waals surface area (Å²) in [7, 11) is 1.92. The van der Waals surface area contributed by atoms with Crippen molar-refractivity contribution >= 4 is 63.2 Å². The number of aromatic nitrogens is 2. The predicted molar refractivity (Wildman–Crippen MR) is 133 cm³/mol. The van der Waals surface area contributed by atoms with Crippen molar-refractivity contribution in [3.05, 3.63) is 72.1 Å². The second kappa shape index (κ2) is 8.68. The van der Waals surface area contributed by atoms with Gasteiger partial charge in [-0.1, -0.05) is 36.4 Å². The molecule has 0 radical (unpaired) electrons. The molecule has 4 amide bonds. The highest BCUT2D eigenvalue weighted by atomic mass is 32.1. The summed E-state index contributed by atoms with van der Waals surface area (Å²) in [6.07, 6.45) is 4.45. The Hall–Kier alpha value is -4.11. The first kappa shape index (κ1) is 21.7. The number of amides is 4. The van der Waals surface area contributed by atoms with Gasteiger partial charge in [0.2, 0.25) is 0 Å². The molecular weight excluding hydrogens is 450 g/mol. The summed E-state index contributed by atoms with van der Waals surface area (Å²) in [6, 6.07) is 15.0. The van der Waals surface area contributed by atoms with Gasteiger partial charge in [-0.2, -0.15) is 0 Å². The van der Waals surface area contributed by atoms with Gasteiger partial charge in [-0.15, -0.1) is 4.36 Å². The van der Waals surface area contributed by atoms with Crippen molar-refractivity contribution in [2.24, 2.45) is 11.4 Å². The zero-order valence-corrected chi connectivity index (χ0v) is 19.2. The molecule has 4 aromatic rings. The van der Waals surface area contributed by atoms with Crippen LogP contribution in [0.2, 0.25) is 0 Å². The van der Waals surface area contributed by atoms with Crippen molar-refractivity contribution in [1.29, 1.82) is 0 Å². The number of fused-ring (bicyclic) bond motifs is 2. The van der Waals surface area contributed by atoms with Crippen molar-refractivity contribution in [3.8, 4) is 0 Å². The number of nitrogens with zero attached hydrogens (tertiary/aromatic N) is 3. The maximum absolute atomic E-state index is 13.1. The molecule has 2 aromatic carbocycles. The summed E-state index contributed by atoms with van der Waals surface area (Å²) in [5, 5.41) is 6.92. The highest BCUT2D eigenvalue weighted by Crippen LogP contribution is 2.38. The number of imide groups is 1. The molecule has 0 saturated heterocycles. The van der Waals surface area contributed by atoms with Crippen molar-refractivity contribution in [2.75, 3.05) is 6.54 Å². The van der Waals surface area contributed by atoms with Crippen LogP contribution in [0, 0.1) is 0 Å². The van der Waals surface area contributed by atoms with Crippen molar-refractivity contribution in [1.82, 2.24) is 19.8 Å². The van der Waals surface area contributed by atoms with Crippen LogP contribution in [0.3, 0.4) is 0 Å². The van der Waals surface area contributed by atoms with Crippen LogP contribution >= 0.6 is 0 Å². The van der Waals surface area contributed by atoms with Crippen molar-refractivity contribution in [3.63, 3.8) is 0 Å². The van der Waals surface area contributed by atoms with E-state index in [0.29, 0.717) is 36.2 Å². The number of hydrogen-bond acceptors (Lipinski definition) is 4. The first-order valence-electron chi connectivity index (χ1n) is 10.8. The number of rotatable bonds is 6. The Labute approximate surface area is 200 Å². The molecule has 2 N–H and O–H groups in total. The lowest BCUT2D eigenvalue weighted by molar-refractivity contribution is -0.122. The lowest BCUT2D eigenvalue weighted by Gasteiger charge is -2.05. The number of nitrogens with one attached hydrogen (secondary N) is 2. The zero-order valence-electron chi connectivity index (χ0n) is 18.4. The van der Waals surface area contributed by atoms with Crippen molar-refractivity contribution in [2.45, 2.75) is 13.0 Å². The highest BCUT2D eigenvalue weighted by molar-refractivity contribution is 7.47. The van der Waals surface area contributed by atoms with E-state index >= 15 is 0 Å². The van der Waals surface area contributed by atoms with Crippen LogP contribution in [-0.2, 0) is 35.6 Å². The SMILES string of the molecule is Cn1cc(C2=C(c3cn(CCCNC(=O)N=S)c4ccccc34)C(=O)NC2=O)c2ccccc21. The largest absolute Gasteiger partial charge is 0.352 e. The summed E-state index contributed by atoms with van der Waals surface area (Å²) in [6.45, 7) is 1.02. The normalized spacial score (nSPS) is 13.7. The third kappa shape index (κ3) is 3.60. The molecular formula is C25H21N5O3S. The van der Waals surface area contributed by atoms with E-state index in [1.54, 1.807) is 0 Å². The van der Waals surface area contributed by atoms with Crippen LogP contribution in [0.5, 0.6) is 0 Å². The first-order valence-corrected chi connectivity index (χ1v) is 11.2. The molecule has 0 aliphatic carbocycles. The van der Waals surface area contributed by atoms with E-state index in [-0.39, 0.29) is 0 Å². The Bertz CT molecular complexity index is 1530. The number of aryl methyl sites for hydroxylation is 2. The minimum atomic E-state index is -0.529. The maximum atomic E-state index is 13.1. The summed E-state index contributed by atoms with van der Waals surface area (Å²) in [5.74, 6) is -0.807. The van der Waals surface area contributed by atoms with Gasteiger partial charge in [0, 0.05) is 77.9 Å². The Morgan fingerprint density at radius 3 is 2.21 bits per heavy atom. The van der Waals surface area contributed by atoms with E-state index in [2.05, 4.69) is 27.4 Å². The molecule has 1 aliphatic heterocycles. The average molecular weight is 472 g/mol. The van der Waals surface area contributed by atoms with Gasteiger partial charge in [0.25, 0.3) is 11.8 Å². The van der Waals surface area contributed by atoms with Crippen LogP contribution in [-0.4, -0.2) is 33.5 Å². The van der Waals surface area contributed by atoms with Gasteiger partial charge in [-0.05, 0) is 18.6 Å². The van der Waals surface area contributed by atoms with Gasteiger partial charge in [0.1, 0.15) is 0 Å². The third-order valence-corrected chi connectivity index (χ3v) is 6.26. The molecule has 8 nitrogen and oxygen atoms in total. The second-order valence-corrected chi connectivity index (χ2v) is 8.32. The predicted octanol–water partition coefficient (Wildman–Crippen LogP) is 3.53. The number of carbonyl (C=O) groups excluding carboxylic acids is 3. The molecule has 2 aromatic heterocycles. The number of benzene rings is 2. The third-order valence-electron chi connectivity index (χ3n) is 6.09. The number of hydrogen-bond donors (Lipinski definition) is 2. The Morgan fingerprint density at radius 2 is 1.53 bits per heavy atom. The summed E-state index contributed by atoms with van der Waals surface area (Å²) < 4.78 is 7.15. The molecule has 3 heterocycles. The molecule has 5 rings (SSSR count). The fraction of sp³-hybridized carbons (Fsp3) is 0.160. The fourth-order valence-electron chi connectivity index (χ4n) is 4.62. The average Bonchev–Trinajstić information content (AvgIpc) is 3.47. The quantitative estimate of drug-likeness (QED) is 0.332. The molecule has 0 unspecified atom stereocenters. The second-order valence-electron chi connectivity index (χ2n) is 8.13. The van der Waals surface area contributed by atoms with Crippen LogP contribution in [0.25, 0.3) is 33.0 Å². The summed E-state index contributed by atoms with van der Waals surface area (Å²) in [5.41, 5.74) is 4.09. The number of carbonyl (C=O) groups is 3. The Morgan fingerprint density at radius 1 is 0.941 bits per heavy atom. The topological polar surface area (TPSA) is 97.5 Å². The van der Waals surface area contributed by atoms with Gasteiger partial charge in [-0.25, -0.2) is 4.79 Å². The van der Waals surface area contributed by atoms with E-state index in [1.807, 2.05) is 77.1 Å². The Balaban J connectivity index is 1.63. The van der Waals surface area contributed by atoms with E-state index in [0.717, 1.165) is 27.4 Å². The molecule has 9 heteroatoms. The summed E-state index contributed by atoms with van der Waals surface area (Å²) >= 11 is 4.38. The van der Waals surface area contributed by atoms with Gasteiger partial charge in [0.15, 0.2) is 0 Å². The Kier molecular flexibility index (Phi) is 5.54. The monoisotopic (exact) mass is 471 g/mol. The zero-order chi connectivity index (χ0) is 23.8. The van der Waals surface area contributed by atoms with Gasteiger partial charge >= 0.3 is 6.03 Å².